The fourth-order valence-electron chi connectivity index (χ4n) is 2.62. The quantitative estimate of drug-likeness (QED) is 0.792. The second kappa shape index (κ2) is 3.91. The highest BCUT2D eigenvalue weighted by Gasteiger charge is 2.20. The zero-order chi connectivity index (χ0) is 11.0. The molecular formula is C13H17N3. The first kappa shape index (κ1) is 9.85. The molecule has 1 fully saturated rings. The van der Waals surface area contributed by atoms with Gasteiger partial charge in [-0.15, -0.1) is 0 Å². The molecule has 3 heteroatoms. The molecule has 0 bridgehead atoms. The molecule has 1 saturated heterocycles. The largest absolute Gasteiger partial charge is 0.343 e. The summed E-state index contributed by atoms with van der Waals surface area (Å²) in [5, 5.41) is 1.23. The van der Waals surface area contributed by atoms with Gasteiger partial charge in [0.1, 0.15) is 5.65 Å². The van der Waals surface area contributed by atoms with Crippen molar-refractivity contribution in [1.29, 1.82) is 0 Å². The first-order valence-corrected chi connectivity index (χ1v) is 5.95. The number of likely N-dealkylation sites (tertiary alicyclic amines) is 1. The Morgan fingerprint density at radius 3 is 3.25 bits per heavy atom. The maximum absolute atomic E-state index is 4.35. The van der Waals surface area contributed by atoms with Gasteiger partial charge < -0.3 is 9.88 Å². The van der Waals surface area contributed by atoms with Crippen molar-refractivity contribution in [3.63, 3.8) is 0 Å². The summed E-state index contributed by atoms with van der Waals surface area (Å²) in [6, 6.07) is 6.37. The maximum Gasteiger partial charge on any atom is 0.137 e. The first-order chi connectivity index (χ1) is 7.83. The predicted octanol–water partition coefficient (Wildman–Crippen LogP) is 2.37. The van der Waals surface area contributed by atoms with Gasteiger partial charge in [-0.3, -0.25) is 0 Å². The van der Waals surface area contributed by atoms with Crippen molar-refractivity contribution in [2.75, 3.05) is 20.1 Å². The average Bonchev–Trinajstić information content (AvgIpc) is 2.72. The van der Waals surface area contributed by atoms with Gasteiger partial charge in [0.25, 0.3) is 0 Å². The molecule has 1 aliphatic rings. The summed E-state index contributed by atoms with van der Waals surface area (Å²) in [6.45, 7) is 2.39. The molecule has 2 aromatic heterocycles. The van der Waals surface area contributed by atoms with Crippen LogP contribution in [0.15, 0.2) is 24.4 Å². The van der Waals surface area contributed by atoms with E-state index in [2.05, 4.69) is 34.0 Å². The van der Waals surface area contributed by atoms with E-state index in [1.54, 1.807) is 0 Å². The van der Waals surface area contributed by atoms with Crippen LogP contribution < -0.4 is 0 Å². The van der Waals surface area contributed by atoms with Gasteiger partial charge in [0.15, 0.2) is 0 Å². The third-order valence-corrected chi connectivity index (χ3v) is 3.48. The summed E-state index contributed by atoms with van der Waals surface area (Å²) in [5.74, 6) is 0.646. The zero-order valence-electron chi connectivity index (χ0n) is 9.61. The summed E-state index contributed by atoms with van der Waals surface area (Å²) in [6.07, 6.45) is 4.43. The van der Waals surface area contributed by atoms with Gasteiger partial charge in [-0.1, -0.05) is 0 Å². The second-order valence-corrected chi connectivity index (χ2v) is 4.77. The molecule has 2 aromatic rings. The van der Waals surface area contributed by atoms with Crippen molar-refractivity contribution < 1.29 is 0 Å². The number of hydrogen-bond donors (Lipinski definition) is 1. The van der Waals surface area contributed by atoms with Crippen LogP contribution in [0, 0.1) is 0 Å². The number of nitrogens with zero attached hydrogens (tertiary/aromatic N) is 2. The van der Waals surface area contributed by atoms with E-state index in [9.17, 15) is 0 Å². The van der Waals surface area contributed by atoms with Crippen LogP contribution in [0.4, 0.5) is 0 Å². The number of H-pyrrole nitrogens is 1. The Hall–Kier alpha value is -1.35. The third kappa shape index (κ3) is 1.71. The summed E-state index contributed by atoms with van der Waals surface area (Å²) < 4.78 is 0. The number of hydrogen-bond acceptors (Lipinski definition) is 2. The van der Waals surface area contributed by atoms with E-state index in [0.29, 0.717) is 5.92 Å². The highest BCUT2D eigenvalue weighted by molar-refractivity contribution is 5.76. The van der Waals surface area contributed by atoms with E-state index in [-0.39, 0.29) is 0 Å². The lowest BCUT2D eigenvalue weighted by molar-refractivity contribution is 0.249. The number of fused-ring (bicyclic) bond motifs is 1. The van der Waals surface area contributed by atoms with E-state index in [1.807, 2.05) is 12.3 Å². The third-order valence-electron chi connectivity index (χ3n) is 3.48. The highest BCUT2D eigenvalue weighted by Crippen LogP contribution is 2.27. The summed E-state index contributed by atoms with van der Waals surface area (Å²) in [5.41, 5.74) is 2.37. The first-order valence-electron chi connectivity index (χ1n) is 5.95. The Labute approximate surface area is 95.5 Å². The molecule has 0 saturated carbocycles. The zero-order valence-corrected chi connectivity index (χ0v) is 9.61. The van der Waals surface area contributed by atoms with Gasteiger partial charge in [0.2, 0.25) is 0 Å². The second-order valence-electron chi connectivity index (χ2n) is 4.77. The Morgan fingerprint density at radius 1 is 1.50 bits per heavy atom. The summed E-state index contributed by atoms with van der Waals surface area (Å²) >= 11 is 0. The molecule has 3 nitrogen and oxygen atoms in total. The van der Waals surface area contributed by atoms with Gasteiger partial charge >= 0.3 is 0 Å². The van der Waals surface area contributed by atoms with Crippen LogP contribution in [0.2, 0.25) is 0 Å². The molecule has 0 aromatic carbocycles. The number of aromatic nitrogens is 2. The smallest absolute Gasteiger partial charge is 0.137 e. The van der Waals surface area contributed by atoms with Crippen LogP contribution in [0.25, 0.3) is 11.0 Å². The fourth-order valence-corrected chi connectivity index (χ4v) is 2.62. The normalized spacial score (nSPS) is 22.7. The lowest BCUT2D eigenvalue weighted by Gasteiger charge is -2.28. The lowest BCUT2D eigenvalue weighted by atomic mass is 9.95. The van der Waals surface area contributed by atoms with Crippen molar-refractivity contribution in [2.45, 2.75) is 18.8 Å². The number of piperidine rings is 1. The molecule has 0 amide bonds. The van der Waals surface area contributed by atoms with Crippen LogP contribution in [0.5, 0.6) is 0 Å². The standard InChI is InChI=1S/C13H17N3/c1-16-7-3-5-11(9-16)12-8-10-4-2-6-14-13(10)15-12/h2,4,6,8,11H,3,5,7,9H2,1H3,(H,14,15). The summed E-state index contributed by atoms with van der Waals surface area (Å²) in [4.78, 5) is 10.2. The molecule has 84 valence electrons. The van der Waals surface area contributed by atoms with Crippen molar-refractivity contribution >= 4 is 11.0 Å². The van der Waals surface area contributed by atoms with Crippen LogP contribution in [-0.4, -0.2) is 35.0 Å². The molecule has 16 heavy (non-hydrogen) atoms. The van der Waals surface area contributed by atoms with Crippen molar-refractivity contribution in [3.8, 4) is 0 Å². The van der Waals surface area contributed by atoms with Crippen LogP contribution in [0.3, 0.4) is 0 Å². The molecule has 1 unspecified atom stereocenters. The number of likely N-dealkylation sites (N-methyl/N-ethyl adjacent to an activating group) is 1. The van der Waals surface area contributed by atoms with Crippen molar-refractivity contribution in [3.05, 3.63) is 30.1 Å². The number of nitrogens with one attached hydrogen (secondary N) is 1. The molecular weight excluding hydrogens is 198 g/mol. The van der Waals surface area contributed by atoms with Gasteiger partial charge in [0, 0.05) is 29.7 Å². The Kier molecular flexibility index (Phi) is 2.40. The molecule has 3 heterocycles. The van der Waals surface area contributed by atoms with Crippen molar-refractivity contribution in [2.24, 2.45) is 0 Å². The number of rotatable bonds is 1. The molecule has 0 aliphatic carbocycles. The Balaban J connectivity index is 1.93. The minimum absolute atomic E-state index is 0.646. The number of aromatic amines is 1. The topological polar surface area (TPSA) is 31.9 Å². The monoisotopic (exact) mass is 215 g/mol. The molecule has 0 radical (unpaired) electrons. The van der Waals surface area contributed by atoms with Gasteiger partial charge in [0.05, 0.1) is 0 Å². The van der Waals surface area contributed by atoms with Crippen LogP contribution in [-0.2, 0) is 0 Å². The fraction of sp³-hybridized carbons (Fsp3) is 0.462. The van der Waals surface area contributed by atoms with Gasteiger partial charge in [-0.05, 0) is 44.6 Å². The highest BCUT2D eigenvalue weighted by atomic mass is 15.1. The van der Waals surface area contributed by atoms with E-state index in [4.69, 9.17) is 0 Å². The molecule has 1 atom stereocenters. The molecule has 1 aliphatic heterocycles. The summed E-state index contributed by atoms with van der Waals surface area (Å²) in [7, 11) is 2.20. The van der Waals surface area contributed by atoms with E-state index in [0.717, 1.165) is 12.2 Å². The average molecular weight is 215 g/mol. The van der Waals surface area contributed by atoms with E-state index in [1.165, 1.54) is 30.5 Å². The predicted molar refractivity (Wildman–Crippen MR) is 65.6 cm³/mol. The van der Waals surface area contributed by atoms with Gasteiger partial charge in [-0.2, -0.15) is 0 Å². The van der Waals surface area contributed by atoms with Crippen LogP contribution in [0.1, 0.15) is 24.5 Å². The Morgan fingerprint density at radius 2 is 2.44 bits per heavy atom. The molecule has 3 rings (SSSR count). The molecule has 0 spiro atoms. The lowest BCUT2D eigenvalue weighted by Crippen LogP contribution is -2.30. The number of pyridine rings is 1. The van der Waals surface area contributed by atoms with Gasteiger partial charge in [-0.25, -0.2) is 4.98 Å². The maximum atomic E-state index is 4.35. The SMILES string of the molecule is CN1CCCC(c2cc3cccnc3[nH]2)C1. The minimum atomic E-state index is 0.646. The minimum Gasteiger partial charge on any atom is -0.343 e. The molecule has 1 N–H and O–H groups in total. The van der Waals surface area contributed by atoms with Crippen molar-refractivity contribution in [1.82, 2.24) is 14.9 Å². The Bertz CT molecular complexity index is 456. The van der Waals surface area contributed by atoms with E-state index < -0.39 is 0 Å². The van der Waals surface area contributed by atoms with Crippen LogP contribution >= 0.6 is 0 Å². The van der Waals surface area contributed by atoms with E-state index >= 15 is 0 Å².